The first-order chi connectivity index (χ1) is 9.53. The number of carboxylic acids is 1. The van der Waals surface area contributed by atoms with Crippen LogP contribution >= 0.6 is 0 Å². The second-order valence-corrected chi connectivity index (χ2v) is 5.29. The highest BCUT2D eigenvalue weighted by atomic mass is 19.1. The monoisotopic (exact) mass is 280 g/mol. The average Bonchev–Trinajstić information content (AvgIpc) is 3.26. The second-order valence-electron chi connectivity index (χ2n) is 5.29. The normalized spacial score (nSPS) is 17.6. The number of nitrogens with one attached hydrogen (secondary N) is 1. The molecule has 0 saturated heterocycles. The predicted octanol–water partition coefficient (Wildman–Crippen LogP) is 2.10. The maximum Gasteiger partial charge on any atom is 0.326 e. The fourth-order valence-electron chi connectivity index (χ4n) is 2.68. The molecule has 110 valence electrons. The molecule has 0 amide bonds. The molecule has 1 aromatic carbocycles. The van der Waals surface area contributed by atoms with E-state index in [0.717, 1.165) is 18.5 Å². The Bertz CT molecular complexity index is 473. The van der Waals surface area contributed by atoms with Crippen LogP contribution in [0.1, 0.15) is 19.8 Å². The zero-order valence-corrected chi connectivity index (χ0v) is 11.9. The molecule has 1 aromatic rings. The molecule has 2 N–H and O–H groups in total. The highest BCUT2D eigenvalue weighted by Gasteiger charge is 2.51. The summed E-state index contributed by atoms with van der Waals surface area (Å²) in [6.07, 6.45) is 1.88. The average molecular weight is 280 g/mol. The number of carbonyl (C=O) groups is 1. The van der Waals surface area contributed by atoms with Gasteiger partial charge in [-0.25, -0.2) is 4.39 Å². The Morgan fingerprint density at radius 2 is 2.05 bits per heavy atom. The molecular formula is C15H21FN2O2. The van der Waals surface area contributed by atoms with Gasteiger partial charge in [0.2, 0.25) is 0 Å². The number of halogens is 1. The Morgan fingerprint density at radius 1 is 1.45 bits per heavy atom. The van der Waals surface area contributed by atoms with Crippen LogP contribution in [0.4, 0.5) is 10.1 Å². The Balaban J connectivity index is 2.23. The summed E-state index contributed by atoms with van der Waals surface area (Å²) in [5.41, 5.74) is -0.0832. The predicted molar refractivity (Wildman–Crippen MR) is 76.4 cm³/mol. The summed E-state index contributed by atoms with van der Waals surface area (Å²) >= 11 is 0. The van der Waals surface area contributed by atoms with Gasteiger partial charge in [-0.2, -0.15) is 0 Å². The van der Waals surface area contributed by atoms with Crippen molar-refractivity contribution < 1.29 is 14.3 Å². The number of nitrogens with zero attached hydrogens (tertiary/aromatic N) is 1. The van der Waals surface area contributed by atoms with Crippen LogP contribution in [0.15, 0.2) is 24.3 Å². The van der Waals surface area contributed by atoms with Gasteiger partial charge in [0.25, 0.3) is 0 Å². The molecule has 1 saturated carbocycles. The van der Waals surface area contributed by atoms with Crippen LogP contribution in [-0.4, -0.2) is 36.8 Å². The van der Waals surface area contributed by atoms with E-state index in [2.05, 4.69) is 5.32 Å². The number of hydrogen-bond acceptors (Lipinski definition) is 3. The lowest BCUT2D eigenvalue weighted by atomic mass is 9.92. The molecule has 5 heteroatoms. The van der Waals surface area contributed by atoms with Gasteiger partial charge in [0.1, 0.15) is 11.4 Å². The van der Waals surface area contributed by atoms with E-state index in [9.17, 15) is 14.3 Å². The van der Waals surface area contributed by atoms with Crippen LogP contribution < -0.4 is 10.2 Å². The smallest absolute Gasteiger partial charge is 0.326 e. The van der Waals surface area contributed by atoms with Gasteiger partial charge in [-0.15, -0.1) is 0 Å². The third-order valence-corrected chi connectivity index (χ3v) is 4.12. The van der Waals surface area contributed by atoms with Crippen LogP contribution in [0.3, 0.4) is 0 Å². The van der Waals surface area contributed by atoms with E-state index in [0.29, 0.717) is 13.1 Å². The zero-order chi connectivity index (χ0) is 14.8. The first-order valence-corrected chi connectivity index (χ1v) is 6.96. The van der Waals surface area contributed by atoms with Crippen LogP contribution in [0, 0.1) is 11.7 Å². The fourth-order valence-corrected chi connectivity index (χ4v) is 2.68. The molecule has 1 aliphatic carbocycles. The van der Waals surface area contributed by atoms with Gasteiger partial charge < -0.3 is 15.3 Å². The molecule has 0 bridgehead atoms. The lowest BCUT2D eigenvalue weighted by Gasteiger charge is -2.36. The minimum absolute atomic E-state index is 0.166. The molecule has 1 aliphatic rings. The molecule has 4 nitrogen and oxygen atoms in total. The van der Waals surface area contributed by atoms with E-state index in [1.807, 2.05) is 11.8 Å². The minimum Gasteiger partial charge on any atom is -0.480 e. The molecule has 20 heavy (non-hydrogen) atoms. The SMILES string of the molecule is CCN(CC(NC)(C(=O)O)C1CC1)c1ccc(F)cc1. The summed E-state index contributed by atoms with van der Waals surface area (Å²) in [7, 11) is 1.70. The maximum atomic E-state index is 13.0. The van der Waals surface area contributed by atoms with Crippen molar-refractivity contribution in [3.05, 3.63) is 30.1 Å². The Labute approximate surface area is 118 Å². The van der Waals surface area contributed by atoms with Crippen molar-refractivity contribution in [3.8, 4) is 0 Å². The van der Waals surface area contributed by atoms with Crippen molar-refractivity contribution in [2.24, 2.45) is 5.92 Å². The van der Waals surface area contributed by atoms with E-state index in [4.69, 9.17) is 0 Å². The molecule has 0 aromatic heterocycles. The summed E-state index contributed by atoms with van der Waals surface area (Å²) in [6.45, 7) is 3.03. The summed E-state index contributed by atoms with van der Waals surface area (Å²) in [5, 5.41) is 12.6. The zero-order valence-electron chi connectivity index (χ0n) is 11.9. The van der Waals surface area contributed by atoms with Crippen LogP contribution in [0.5, 0.6) is 0 Å². The number of aliphatic carboxylic acids is 1. The van der Waals surface area contributed by atoms with Gasteiger partial charge in [-0.3, -0.25) is 4.79 Å². The van der Waals surface area contributed by atoms with Gasteiger partial charge in [0, 0.05) is 18.8 Å². The van der Waals surface area contributed by atoms with Crippen molar-refractivity contribution >= 4 is 11.7 Å². The second kappa shape index (κ2) is 5.79. The van der Waals surface area contributed by atoms with Gasteiger partial charge in [-0.1, -0.05) is 0 Å². The van der Waals surface area contributed by atoms with Crippen LogP contribution in [-0.2, 0) is 4.79 Å². The van der Waals surface area contributed by atoms with Gasteiger partial charge in [0.15, 0.2) is 0 Å². The van der Waals surface area contributed by atoms with Crippen molar-refractivity contribution in [2.75, 3.05) is 25.0 Å². The maximum absolute atomic E-state index is 13.0. The summed E-state index contributed by atoms with van der Waals surface area (Å²) < 4.78 is 13.0. The molecule has 1 atom stereocenters. The number of likely N-dealkylation sites (N-methyl/N-ethyl adjacent to an activating group) is 2. The number of rotatable bonds is 7. The topological polar surface area (TPSA) is 52.6 Å². The quantitative estimate of drug-likeness (QED) is 0.803. The van der Waals surface area contributed by atoms with Crippen molar-refractivity contribution in [2.45, 2.75) is 25.3 Å². The summed E-state index contributed by atoms with van der Waals surface area (Å²) in [6, 6.07) is 6.18. The number of carboxylic acid groups (broad SMARTS) is 1. The first-order valence-electron chi connectivity index (χ1n) is 6.96. The van der Waals surface area contributed by atoms with Crippen molar-refractivity contribution in [1.82, 2.24) is 5.32 Å². The molecule has 1 fully saturated rings. The van der Waals surface area contributed by atoms with Gasteiger partial charge in [0.05, 0.1) is 0 Å². The van der Waals surface area contributed by atoms with E-state index in [-0.39, 0.29) is 11.7 Å². The van der Waals surface area contributed by atoms with E-state index >= 15 is 0 Å². The Kier molecular flexibility index (Phi) is 4.28. The number of hydrogen-bond donors (Lipinski definition) is 2. The first kappa shape index (κ1) is 14.8. The molecule has 2 rings (SSSR count). The molecule has 0 spiro atoms. The van der Waals surface area contributed by atoms with Crippen LogP contribution in [0.25, 0.3) is 0 Å². The highest BCUT2D eigenvalue weighted by Crippen LogP contribution is 2.40. The van der Waals surface area contributed by atoms with Crippen LogP contribution in [0.2, 0.25) is 0 Å². The summed E-state index contributed by atoms with van der Waals surface area (Å²) in [5.74, 6) is -0.937. The summed E-state index contributed by atoms with van der Waals surface area (Å²) in [4.78, 5) is 13.7. The van der Waals surface area contributed by atoms with E-state index < -0.39 is 11.5 Å². The van der Waals surface area contributed by atoms with Gasteiger partial charge in [-0.05, 0) is 57.0 Å². The lowest BCUT2D eigenvalue weighted by Crippen LogP contribution is -2.59. The third kappa shape index (κ3) is 2.77. The fraction of sp³-hybridized carbons (Fsp3) is 0.533. The lowest BCUT2D eigenvalue weighted by molar-refractivity contribution is -0.145. The highest BCUT2D eigenvalue weighted by molar-refractivity contribution is 5.81. The molecule has 0 aliphatic heterocycles. The number of benzene rings is 1. The molecule has 1 unspecified atom stereocenters. The van der Waals surface area contributed by atoms with Gasteiger partial charge >= 0.3 is 5.97 Å². The largest absolute Gasteiger partial charge is 0.480 e. The number of anilines is 1. The van der Waals surface area contributed by atoms with E-state index in [1.54, 1.807) is 19.2 Å². The van der Waals surface area contributed by atoms with E-state index in [1.165, 1.54) is 12.1 Å². The minimum atomic E-state index is -0.926. The standard InChI is InChI=1S/C15H21FN2O2/c1-3-18(13-8-6-12(16)7-9-13)10-15(17-2,14(19)20)11-4-5-11/h6-9,11,17H,3-5,10H2,1-2H3,(H,19,20). The van der Waals surface area contributed by atoms with Crippen molar-refractivity contribution in [3.63, 3.8) is 0 Å². The third-order valence-electron chi connectivity index (χ3n) is 4.12. The Morgan fingerprint density at radius 3 is 2.45 bits per heavy atom. The molecule has 0 radical (unpaired) electrons. The Hall–Kier alpha value is -1.62. The van der Waals surface area contributed by atoms with Crippen molar-refractivity contribution in [1.29, 1.82) is 0 Å². The molecule has 0 heterocycles. The molecular weight excluding hydrogens is 259 g/mol.